The summed E-state index contributed by atoms with van der Waals surface area (Å²) in [5.41, 5.74) is 1.23. The fourth-order valence-electron chi connectivity index (χ4n) is 2.76. The molecular weight excluding hydrogens is 374 g/mol. The van der Waals surface area contributed by atoms with Crippen LogP contribution in [0.25, 0.3) is 0 Å². The first kappa shape index (κ1) is 18.7. The maximum Gasteiger partial charge on any atom is 0.243 e. The van der Waals surface area contributed by atoms with Gasteiger partial charge in [-0.15, -0.1) is 0 Å². The Morgan fingerprint density at radius 3 is 2.42 bits per heavy atom. The molecule has 0 spiro atoms. The number of halogens is 1. The molecule has 8 heteroatoms. The lowest BCUT2D eigenvalue weighted by Crippen LogP contribution is -2.28. The number of amides is 1. The van der Waals surface area contributed by atoms with Gasteiger partial charge in [0.05, 0.1) is 11.4 Å². The molecule has 0 atom stereocenters. The molecule has 138 valence electrons. The average molecular weight is 394 g/mol. The highest BCUT2D eigenvalue weighted by Crippen LogP contribution is 2.23. The van der Waals surface area contributed by atoms with Crippen LogP contribution in [0.1, 0.15) is 12.8 Å². The monoisotopic (exact) mass is 393 g/mol. The van der Waals surface area contributed by atoms with Gasteiger partial charge in [0, 0.05) is 29.5 Å². The average Bonchev–Trinajstić information content (AvgIpc) is 3.18. The summed E-state index contributed by atoms with van der Waals surface area (Å²) >= 11 is 5.81. The van der Waals surface area contributed by atoms with Gasteiger partial charge in [0.1, 0.15) is 0 Å². The number of carbonyl (C=O) groups is 1. The summed E-state index contributed by atoms with van der Waals surface area (Å²) in [6.45, 7) is 1.14. The molecular formula is C18H20ClN3O3S. The summed E-state index contributed by atoms with van der Waals surface area (Å²) in [6, 6.07) is 13.3. The van der Waals surface area contributed by atoms with E-state index in [4.69, 9.17) is 11.6 Å². The lowest BCUT2D eigenvalue weighted by molar-refractivity contribution is -0.114. The van der Waals surface area contributed by atoms with Gasteiger partial charge < -0.3 is 10.6 Å². The van der Waals surface area contributed by atoms with Crippen LogP contribution in [0.5, 0.6) is 0 Å². The number of carbonyl (C=O) groups excluding carboxylic acids is 1. The predicted octanol–water partition coefficient (Wildman–Crippen LogP) is 3.18. The first-order valence-electron chi connectivity index (χ1n) is 8.35. The van der Waals surface area contributed by atoms with Gasteiger partial charge in [-0.2, -0.15) is 4.31 Å². The van der Waals surface area contributed by atoms with E-state index >= 15 is 0 Å². The third kappa shape index (κ3) is 4.55. The van der Waals surface area contributed by atoms with Crippen LogP contribution in [-0.2, 0) is 14.8 Å². The number of nitrogens with zero attached hydrogens (tertiary/aromatic N) is 1. The Balaban J connectivity index is 1.61. The molecule has 1 amide bonds. The second-order valence-corrected chi connectivity index (χ2v) is 8.42. The highest BCUT2D eigenvalue weighted by molar-refractivity contribution is 7.89. The van der Waals surface area contributed by atoms with E-state index in [0.717, 1.165) is 12.8 Å². The number of sulfonamides is 1. The van der Waals surface area contributed by atoms with Crippen LogP contribution in [0.15, 0.2) is 53.4 Å². The molecule has 0 aliphatic carbocycles. The molecule has 2 aromatic carbocycles. The van der Waals surface area contributed by atoms with Crippen molar-refractivity contribution in [1.29, 1.82) is 0 Å². The zero-order valence-corrected chi connectivity index (χ0v) is 15.7. The van der Waals surface area contributed by atoms with E-state index in [2.05, 4.69) is 10.6 Å². The van der Waals surface area contributed by atoms with E-state index in [1.54, 1.807) is 48.5 Å². The molecule has 2 aromatic rings. The molecule has 1 saturated heterocycles. The summed E-state index contributed by atoms with van der Waals surface area (Å²) in [7, 11) is -3.47. The van der Waals surface area contributed by atoms with Crippen molar-refractivity contribution in [1.82, 2.24) is 4.31 Å². The van der Waals surface area contributed by atoms with E-state index in [1.165, 1.54) is 4.31 Å². The number of hydrogen-bond donors (Lipinski definition) is 2. The maximum atomic E-state index is 12.6. The highest BCUT2D eigenvalue weighted by atomic mass is 35.5. The number of hydrogen-bond acceptors (Lipinski definition) is 4. The second-order valence-electron chi connectivity index (χ2n) is 6.05. The van der Waals surface area contributed by atoms with Gasteiger partial charge in [0.15, 0.2) is 0 Å². The van der Waals surface area contributed by atoms with Crippen molar-refractivity contribution in [3.8, 4) is 0 Å². The highest BCUT2D eigenvalue weighted by Gasteiger charge is 2.27. The van der Waals surface area contributed by atoms with Crippen LogP contribution in [0.4, 0.5) is 11.4 Å². The third-order valence-electron chi connectivity index (χ3n) is 4.12. The second kappa shape index (κ2) is 8.07. The van der Waals surface area contributed by atoms with E-state index in [1.807, 2.05) is 0 Å². The molecule has 0 aromatic heterocycles. The number of rotatable bonds is 6. The minimum absolute atomic E-state index is 0.0237. The molecule has 1 fully saturated rings. The van der Waals surface area contributed by atoms with Crippen LogP contribution in [0, 0.1) is 0 Å². The van der Waals surface area contributed by atoms with E-state index < -0.39 is 10.0 Å². The van der Waals surface area contributed by atoms with Gasteiger partial charge in [-0.05, 0) is 55.3 Å². The normalized spacial score (nSPS) is 15.0. The van der Waals surface area contributed by atoms with Gasteiger partial charge in [-0.3, -0.25) is 4.79 Å². The van der Waals surface area contributed by atoms with Crippen LogP contribution in [0.3, 0.4) is 0 Å². The molecule has 0 radical (unpaired) electrons. The minimum atomic E-state index is -3.47. The van der Waals surface area contributed by atoms with Crippen LogP contribution in [0.2, 0.25) is 5.02 Å². The van der Waals surface area contributed by atoms with E-state index in [-0.39, 0.29) is 17.3 Å². The van der Waals surface area contributed by atoms with Gasteiger partial charge in [-0.1, -0.05) is 17.7 Å². The summed E-state index contributed by atoms with van der Waals surface area (Å²) in [4.78, 5) is 12.3. The summed E-state index contributed by atoms with van der Waals surface area (Å²) < 4.78 is 26.7. The van der Waals surface area contributed by atoms with Crippen LogP contribution >= 0.6 is 11.6 Å². The molecule has 2 N–H and O–H groups in total. The van der Waals surface area contributed by atoms with Crippen molar-refractivity contribution in [2.24, 2.45) is 0 Å². The molecule has 26 heavy (non-hydrogen) atoms. The number of nitrogens with one attached hydrogen (secondary N) is 2. The Hall–Kier alpha value is -2.09. The predicted molar refractivity (Wildman–Crippen MR) is 103 cm³/mol. The van der Waals surface area contributed by atoms with Gasteiger partial charge in [0.25, 0.3) is 0 Å². The zero-order valence-electron chi connectivity index (χ0n) is 14.1. The fourth-order valence-corrected chi connectivity index (χ4v) is 4.45. The summed E-state index contributed by atoms with van der Waals surface area (Å²) in [5.74, 6) is -0.236. The van der Waals surface area contributed by atoms with Gasteiger partial charge >= 0.3 is 0 Å². The van der Waals surface area contributed by atoms with Crippen molar-refractivity contribution >= 4 is 38.9 Å². The lowest BCUT2D eigenvalue weighted by atomic mass is 10.3. The van der Waals surface area contributed by atoms with Gasteiger partial charge in [0.2, 0.25) is 15.9 Å². The van der Waals surface area contributed by atoms with E-state index in [9.17, 15) is 13.2 Å². The largest absolute Gasteiger partial charge is 0.376 e. The van der Waals surface area contributed by atoms with Crippen molar-refractivity contribution < 1.29 is 13.2 Å². The first-order chi connectivity index (χ1) is 12.4. The molecule has 0 unspecified atom stereocenters. The van der Waals surface area contributed by atoms with Crippen molar-refractivity contribution in [3.05, 3.63) is 53.6 Å². The summed E-state index contributed by atoms with van der Waals surface area (Å²) in [6.07, 6.45) is 1.78. The molecule has 3 rings (SSSR count). The third-order valence-corrected chi connectivity index (χ3v) is 6.26. The lowest BCUT2D eigenvalue weighted by Gasteiger charge is -2.16. The Labute approximate surface area is 158 Å². The van der Waals surface area contributed by atoms with Crippen molar-refractivity contribution in [3.63, 3.8) is 0 Å². The number of anilines is 2. The fraction of sp³-hybridized carbons (Fsp3) is 0.278. The molecule has 6 nitrogen and oxygen atoms in total. The van der Waals surface area contributed by atoms with Crippen LogP contribution < -0.4 is 10.6 Å². The first-order valence-corrected chi connectivity index (χ1v) is 10.2. The zero-order chi connectivity index (χ0) is 18.6. The van der Waals surface area contributed by atoms with Gasteiger partial charge in [-0.25, -0.2) is 8.42 Å². The van der Waals surface area contributed by atoms with Crippen molar-refractivity contribution in [2.75, 3.05) is 30.3 Å². The van der Waals surface area contributed by atoms with E-state index in [0.29, 0.717) is 29.5 Å². The molecule has 1 aliphatic rings. The Kier molecular flexibility index (Phi) is 5.80. The quantitative estimate of drug-likeness (QED) is 0.790. The van der Waals surface area contributed by atoms with Crippen LogP contribution in [-0.4, -0.2) is 38.3 Å². The molecule has 0 saturated carbocycles. The summed E-state index contributed by atoms with van der Waals surface area (Å²) in [5, 5.41) is 6.30. The topological polar surface area (TPSA) is 78.5 Å². The smallest absolute Gasteiger partial charge is 0.243 e. The Morgan fingerprint density at radius 1 is 1.04 bits per heavy atom. The van der Waals surface area contributed by atoms with Crippen molar-refractivity contribution in [2.45, 2.75) is 17.7 Å². The molecule has 0 bridgehead atoms. The molecule has 1 aliphatic heterocycles. The standard InChI is InChI=1S/C18H20ClN3O3S/c19-14-6-8-15(9-7-14)21-18(23)13-20-16-4-3-5-17(12-16)26(24,25)22-10-1-2-11-22/h3-9,12,20H,1-2,10-11,13H2,(H,21,23). The minimum Gasteiger partial charge on any atom is -0.376 e. The SMILES string of the molecule is O=C(CNc1cccc(S(=O)(=O)N2CCCC2)c1)Nc1ccc(Cl)cc1. The Bertz CT molecular complexity index is 879. The maximum absolute atomic E-state index is 12.6. The molecule has 1 heterocycles. The Morgan fingerprint density at radius 2 is 1.73 bits per heavy atom. The number of benzene rings is 2.